The van der Waals surface area contributed by atoms with Crippen molar-refractivity contribution < 1.29 is 4.74 Å². The molecule has 1 nitrogen and oxygen atoms in total. The third kappa shape index (κ3) is 5.65. The van der Waals surface area contributed by atoms with Crippen molar-refractivity contribution in [3.63, 3.8) is 0 Å². The average molecular weight is 503 g/mol. The molecule has 2 aliphatic rings. The molecule has 0 amide bonds. The van der Waals surface area contributed by atoms with E-state index in [1.54, 1.807) is 12.4 Å². The van der Waals surface area contributed by atoms with Gasteiger partial charge in [-0.1, -0.05) is 88.9 Å². The van der Waals surface area contributed by atoms with Crippen LogP contribution in [0.2, 0.25) is 0 Å². The van der Waals surface area contributed by atoms with Crippen LogP contribution in [-0.2, 0) is 0 Å². The fraction of sp³-hybridized carbons (Fsp3) is 0.438. The zero-order chi connectivity index (χ0) is 24.0. The number of thioether (sulfide) groups is 1. The average Bonchev–Trinajstić information content (AvgIpc) is 2.94. The van der Waals surface area contributed by atoms with Crippen LogP contribution in [0.15, 0.2) is 71.6 Å². The van der Waals surface area contributed by atoms with Crippen molar-refractivity contribution in [1.29, 1.82) is 0 Å². The van der Waals surface area contributed by atoms with Crippen molar-refractivity contribution in [3.05, 3.63) is 66.7 Å². The zero-order valence-corrected chi connectivity index (χ0v) is 23.1. The van der Waals surface area contributed by atoms with Gasteiger partial charge in [-0.15, -0.1) is 11.8 Å². The van der Waals surface area contributed by atoms with Crippen LogP contribution in [0.5, 0.6) is 5.75 Å². The standard InChI is InChI=1S/C32H39OPS/c1-33-25-19-17-24(18-20-25)31-23-28(35-2)21-22-29(31)30-15-9-10-16-32(30)34(26-11-5-3-6-12-26)27-13-7-4-8-14-27/h9-10,15-23,26-27H,3-8,11-14H2,1-2H3. The smallest absolute Gasteiger partial charge is 0.118 e. The van der Waals surface area contributed by atoms with E-state index in [9.17, 15) is 0 Å². The number of ether oxygens (including phenoxy) is 1. The summed E-state index contributed by atoms with van der Waals surface area (Å²) in [7, 11) is 1.58. The molecule has 2 aliphatic carbocycles. The monoisotopic (exact) mass is 502 g/mol. The lowest BCUT2D eigenvalue weighted by molar-refractivity contribution is 0.415. The van der Waals surface area contributed by atoms with Gasteiger partial charge in [0, 0.05) is 4.90 Å². The third-order valence-electron chi connectivity index (χ3n) is 8.04. The molecule has 0 saturated heterocycles. The van der Waals surface area contributed by atoms with E-state index in [2.05, 4.69) is 73.0 Å². The summed E-state index contributed by atoms with van der Waals surface area (Å²) in [4.78, 5) is 1.32. The van der Waals surface area contributed by atoms with Crippen molar-refractivity contribution in [2.75, 3.05) is 13.4 Å². The van der Waals surface area contributed by atoms with Crippen LogP contribution < -0.4 is 10.0 Å². The lowest BCUT2D eigenvalue weighted by Crippen LogP contribution is -2.27. The molecule has 0 atom stereocenters. The number of rotatable bonds is 7. The molecule has 0 radical (unpaired) electrons. The molecular formula is C32H39OPS. The van der Waals surface area contributed by atoms with Crippen LogP contribution in [0.4, 0.5) is 0 Å². The molecule has 0 bridgehead atoms. The van der Waals surface area contributed by atoms with Crippen LogP contribution in [-0.4, -0.2) is 24.7 Å². The minimum atomic E-state index is -0.162. The highest BCUT2D eigenvalue weighted by atomic mass is 32.2. The van der Waals surface area contributed by atoms with Crippen molar-refractivity contribution >= 4 is 25.0 Å². The predicted octanol–water partition coefficient (Wildman–Crippen LogP) is 9.52. The highest BCUT2D eigenvalue weighted by Crippen LogP contribution is 2.56. The van der Waals surface area contributed by atoms with Crippen LogP contribution >= 0.6 is 19.7 Å². The maximum Gasteiger partial charge on any atom is 0.118 e. The Balaban J connectivity index is 1.63. The Morgan fingerprint density at radius 1 is 0.686 bits per heavy atom. The summed E-state index contributed by atoms with van der Waals surface area (Å²) >= 11 is 1.82. The Hall–Kier alpha value is -1.76. The predicted molar refractivity (Wildman–Crippen MR) is 156 cm³/mol. The van der Waals surface area contributed by atoms with Gasteiger partial charge in [0.2, 0.25) is 0 Å². The quantitative estimate of drug-likeness (QED) is 0.235. The van der Waals surface area contributed by atoms with Crippen LogP contribution in [0.3, 0.4) is 0 Å². The molecule has 3 heteroatoms. The summed E-state index contributed by atoms with van der Waals surface area (Å²) in [5, 5.41) is 1.67. The Kier molecular flexibility index (Phi) is 8.53. The summed E-state index contributed by atoms with van der Waals surface area (Å²) in [5.74, 6) is 0.912. The summed E-state index contributed by atoms with van der Waals surface area (Å²) in [5.41, 5.74) is 7.28. The van der Waals surface area contributed by atoms with Gasteiger partial charge in [0.1, 0.15) is 5.75 Å². The normalized spacial score (nSPS) is 17.6. The number of hydrogen-bond acceptors (Lipinski definition) is 2. The molecule has 184 valence electrons. The van der Waals surface area contributed by atoms with Gasteiger partial charge in [-0.05, 0) is 95.1 Å². The van der Waals surface area contributed by atoms with Gasteiger partial charge in [-0.3, -0.25) is 0 Å². The Bertz CT molecular complexity index is 1080. The lowest BCUT2D eigenvalue weighted by Gasteiger charge is -2.39. The summed E-state index contributed by atoms with van der Waals surface area (Å²) in [6.07, 6.45) is 16.5. The van der Waals surface area contributed by atoms with Gasteiger partial charge in [0.05, 0.1) is 7.11 Å². The second-order valence-electron chi connectivity index (χ2n) is 10.1. The third-order valence-corrected chi connectivity index (χ3v) is 12.3. The molecule has 2 fully saturated rings. The molecule has 3 aromatic rings. The lowest BCUT2D eigenvalue weighted by atomic mass is 9.94. The van der Waals surface area contributed by atoms with Gasteiger partial charge in [0.25, 0.3) is 0 Å². The minimum absolute atomic E-state index is 0.162. The van der Waals surface area contributed by atoms with E-state index in [-0.39, 0.29) is 7.92 Å². The summed E-state index contributed by atoms with van der Waals surface area (Å²) in [6, 6.07) is 25.2. The zero-order valence-electron chi connectivity index (χ0n) is 21.3. The van der Waals surface area contributed by atoms with E-state index in [1.165, 1.54) is 91.4 Å². The van der Waals surface area contributed by atoms with E-state index in [1.807, 2.05) is 11.8 Å². The molecule has 5 rings (SSSR count). The van der Waals surface area contributed by atoms with Crippen molar-refractivity contribution in [1.82, 2.24) is 0 Å². The van der Waals surface area contributed by atoms with E-state index >= 15 is 0 Å². The van der Waals surface area contributed by atoms with Gasteiger partial charge in [-0.25, -0.2) is 0 Å². The number of methoxy groups -OCH3 is 1. The van der Waals surface area contributed by atoms with Crippen molar-refractivity contribution in [2.45, 2.75) is 80.4 Å². The molecule has 0 aliphatic heterocycles. The molecule has 0 aromatic heterocycles. The van der Waals surface area contributed by atoms with Gasteiger partial charge < -0.3 is 4.74 Å². The van der Waals surface area contributed by atoms with Gasteiger partial charge in [-0.2, -0.15) is 0 Å². The van der Waals surface area contributed by atoms with Crippen LogP contribution in [0.25, 0.3) is 22.3 Å². The number of benzene rings is 3. The molecule has 0 heterocycles. The first-order valence-corrected chi connectivity index (χ1v) is 16.2. The van der Waals surface area contributed by atoms with Crippen molar-refractivity contribution in [2.24, 2.45) is 0 Å². The van der Waals surface area contributed by atoms with Gasteiger partial charge in [0.15, 0.2) is 0 Å². The molecule has 0 N–H and O–H groups in total. The molecular weight excluding hydrogens is 463 g/mol. The van der Waals surface area contributed by atoms with E-state index < -0.39 is 0 Å². The summed E-state index contributed by atoms with van der Waals surface area (Å²) < 4.78 is 5.45. The van der Waals surface area contributed by atoms with E-state index in [0.717, 1.165) is 17.1 Å². The van der Waals surface area contributed by atoms with E-state index in [4.69, 9.17) is 4.74 Å². The van der Waals surface area contributed by atoms with Crippen molar-refractivity contribution in [3.8, 4) is 28.0 Å². The Morgan fingerprint density at radius 2 is 1.31 bits per heavy atom. The fourth-order valence-corrected chi connectivity index (χ4v) is 10.6. The van der Waals surface area contributed by atoms with Gasteiger partial charge >= 0.3 is 0 Å². The second kappa shape index (κ2) is 12.0. The second-order valence-corrected chi connectivity index (χ2v) is 13.8. The highest BCUT2D eigenvalue weighted by Gasteiger charge is 2.33. The maximum atomic E-state index is 5.45. The first kappa shape index (κ1) is 24.9. The highest BCUT2D eigenvalue weighted by molar-refractivity contribution is 7.98. The number of hydrogen-bond donors (Lipinski definition) is 0. The fourth-order valence-electron chi connectivity index (χ4n) is 6.23. The molecule has 0 spiro atoms. The Morgan fingerprint density at radius 3 is 1.91 bits per heavy atom. The Labute approximate surface area is 217 Å². The molecule has 35 heavy (non-hydrogen) atoms. The molecule has 3 aromatic carbocycles. The first-order valence-electron chi connectivity index (χ1n) is 13.5. The molecule has 0 unspecified atom stereocenters. The molecule has 2 saturated carbocycles. The topological polar surface area (TPSA) is 9.23 Å². The SMILES string of the molecule is COc1ccc(-c2cc(SC)ccc2-c2ccccc2P(C2CCCCC2)C2CCCCC2)cc1. The maximum absolute atomic E-state index is 5.45. The largest absolute Gasteiger partial charge is 0.497 e. The van der Waals surface area contributed by atoms with Crippen LogP contribution in [0.1, 0.15) is 64.2 Å². The van der Waals surface area contributed by atoms with E-state index in [0.29, 0.717) is 0 Å². The van der Waals surface area contributed by atoms with Crippen LogP contribution in [0, 0.1) is 0 Å². The minimum Gasteiger partial charge on any atom is -0.497 e. The summed E-state index contributed by atoms with van der Waals surface area (Å²) in [6.45, 7) is 0. The first-order chi connectivity index (χ1) is 17.3.